The Morgan fingerprint density at radius 3 is 2.06 bits per heavy atom. The number of carbonyl (C=O) groups excluding carboxylic acids is 3. The summed E-state index contributed by atoms with van der Waals surface area (Å²) >= 11 is 0. The van der Waals surface area contributed by atoms with E-state index in [-0.39, 0.29) is 23.3 Å². The van der Waals surface area contributed by atoms with Crippen LogP contribution in [0.3, 0.4) is 0 Å². The van der Waals surface area contributed by atoms with E-state index in [2.05, 4.69) is 16.0 Å². The van der Waals surface area contributed by atoms with E-state index in [0.717, 1.165) is 5.56 Å². The molecule has 34 heavy (non-hydrogen) atoms. The summed E-state index contributed by atoms with van der Waals surface area (Å²) < 4.78 is 5.13. The Kier molecular flexibility index (Phi) is 8.03. The van der Waals surface area contributed by atoms with Crippen LogP contribution >= 0.6 is 0 Å². The standard InChI is InChI=1S/C27H29N3O4/c1-17(2)24(27(33)28-20-13-15-21(34-4)16-14-20)30-26(32)22-7-5-6-8-23(22)29-25(31)19-11-9-18(3)10-12-19/h5-17,24H,1-4H3,(H,28,33)(H,29,31)(H,30,32). The highest BCUT2D eigenvalue weighted by Gasteiger charge is 2.26. The fourth-order valence-electron chi connectivity index (χ4n) is 3.34. The molecular weight excluding hydrogens is 430 g/mol. The normalized spacial score (nSPS) is 11.4. The highest BCUT2D eigenvalue weighted by Crippen LogP contribution is 2.19. The number of benzene rings is 3. The van der Waals surface area contributed by atoms with E-state index < -0.39 is 11.9 Å². The van der Waals surface area contributed by atoms with Crippen molar-refractivity contribution in [3.8, 4) is 5.75 Å². The molecule has 3 N–H and O–H groups in total. The topological polar surface area (TPSA) is 96.5 Å². The number of para-hydroxylation sites is 1. The van der Waals surface area contributed by atoms with Gasteiger partial charge in [0.2, 0.25) is 5.91 Å². The zero-order valence-electron chi connectivity index (χ0n) is 19.7. The molecule has 0 aliphatic rings. The quantitative estimate of drug-likeness (QED) is 0.457. The first-order valence-electron chi connectivity index (χ1n) is 11.0. The molecule has 1 atom stereocenters. The molecule has 0 saturated heterocycles. The fourth-order valence-corrected chi connectivity index (χ4v) is 3.34. The number of ether oxygens (including phenoxy) is 1. The number of aryl methyl sites for hydroxylation is 1. The van der Waals surface area contributed by atoms with Crippen LogP contribution in [-0.4, -0.2) is 30.9 Å². The molecule has 0 saturated carbocycles. The summed E-state index contributed by atoms with van der Waals surface area (Å²) in [4.78, 5) is 38.7. The van der Waals surface area contributed by atoms with Crippen molar-refractivity contribution in [1.29, 1.82) is 0 Å². The number of hydrogen-bond donors (Lipinski definition) is 3. The first kappa shape index (κ1) is 24.5. The molecule has 0 radical (unpaired) electrons. The zero-order valence-corrected chi connectivity index (χ0v) is 19.7. The molecule has 3 amide bonds. The van der Waals surface area contributed by atoms with Gasteiger partial charge in [0.1, 0.15) is 11.8 Å². The maximum Gasteiger partial charge on any atom is 0.255 e. The van der Waals surface area contributed by atoms with Gasteiger partial charge in [-0.3, -0.25) is 14.4 Å². The molecule has 3 rings (SSSR count). The van der Waals surface area contributed by atoms with Gasteiger partial charge in [-0.25, -0.2) is 0 Å². The molecule has 0 heterocycles. The predicted octanol–water partition coefficient (Wildman–Crippen LogP) is 4.65. The van der Waals surface area contributed by atoms with Gasteiger partial charge in [-0.15, -0.1) is 0 Å². The molecule has 0 bridgehead atoms. The summed E-state index contributed by atoms with van der Waals surface area (Å²) in [7, 11) is 1.57. The number of hydrogen-bond acceptors (Lipinski definition) is 4. The summed E-state index contributed by atoms with van der Waals surface area (Å²) in [5, 5.41) is 8.43. The summed E-state index contributed by atoms with van der Waals surface area (Å²) in [6.07, 6.45) is 0. The number of carbonyl (C=O) groups is 3. The van der Waals surface area contributed by atoms with Crippen LogP contribution in [0.2, 0.25) is 0 Å². The Balaban J connectivity index is 1.74. The van der Waals surface area contributed by atoms with E-state index in [1.165, 1.54) is 0 Å². The van der Waals surface area contributed by atoms with Gasteiger partial charge in [0.25, 0.3) is 11.8 Å². The lowest BCUT2D eigenvalue weighted by Gasteiger charge is -2.22. The van der Waals surface area contributed by atoms with Crippen LogP contribution in [0.15, 0.2) is 72.8 Å². The third kappa shape index (κ3) is 6.22. The molecule has 7 heteroatoms. The second-order valence-electron chi connectivity index (χ2n) is 8.28. The number of nitrogens with one attached hydrogen (secondary N) is 3. The molecule has 0 aliphatic carbocycles. The fraction of sp³-hybridized carbons (Fsp3) is 0.222. The third-order valence-corrected chi connectivity index (χ3v) is 5.33. The Hall–Kier alpha value is -4.13. The number of anilines is 2. The van der Waals surface area contributed by atoms with Gasteiger partial charge in [-0.1, -0.05) is 43.7 Å². The van der Waals surface area contributed by atoms with Crippen LogP contribution in [0.4, 0.5) is 11.4 Å². The molecular formula is C27H29N3O4. The van der Waals surface area contributed by atoms with Gasteiger partial charge in [0.15, 0.2) is 0 Å². The lowest BCUT2D eigenvalue weighted by molar-refractivity contribution is -0.118. The van der Waals surface area contributed by atoms with Crippen molar-refractivity contribution >= 4 is 29.1 Å². The van der Waals surface area contributed by atoms with E-state index in [0.29, 0.717) is 22.7 Å². The minimum atomic E-state index is -0.782. The van der Waals surface area contributed by atoms with E-state index in [1.54, 1.807) is 67.8 Å². The number of amides is 3. The van der Waals surface area contributed by atoms with E-state index in [9.17, 15) is 14.4 Å². The van der Waals surface area contributed by atoms with Gasteiger partial charge >= 0.3 is 0 Å². The van der Waals surface area contributed by atoms with Crippen LogP contribution in [0.25, 0.3) is 0 Å². The SMILES string of the molecule is COc1ccc(NC(=O)C(NC(=O)c2ccccc2NC(=O)c2ccc(C)cc2)C(C)C)cc1. The Bertz CT molecular complexity index is 1160. The van der Waals surface area contributed by atoms with Crippen molar-refractivity contribution in [2.75, 3.05) is 17.7 Å². The highest BCUT2D eigenvalue weighted by atomic mass is 16.5. The second-order valence-corrected chi connectivity index (χ2v) is 8.28. The van der Waals surface area contributed by atoms with E-state index in [4.69, 9.17) is 4.74 Å². The van der Waals surface area contributed by atoms with Crippen LogP contribution in [-0.2, 0) is 4.79 Å². The van der Waals surface area contributed by atoms with E-state index in [1.807, 2.05) is 32.9 Å². The first-order chi connectivity index (χ1) is 16.3. The van der Waals surface area contributed by atoms with Gasteiger partial charge in [0, 0.05) is 11.3 Å². The number of rotatable bonds is 8. The Morgan fingerprint density at radius 1 is 0.794 bits per heavy atom. The minimum Gasteiger partial charge on any atom is -0.497 e. The van der Waals surface area contributed by atoms with Crippen LogP contribution < -0.4 is 20.7 Å². The summed E-state index contributed by atoms with van der Waals surface area (Å²) in [5.74, 6) is -0.608. The molecule has 3 aromatic carbocycles. The van der Waals surface area contributed by atoms with Crippen molar-refractivity contribution in [3.05, 3.63) is 89.5 Å². The monoisotopic (exact) mass is 459 g/mol. The number of methoxy groups -OCH3 is 1. The van der Waals surface area contributed by atoms with Crippen LogP contribution in [0.1, 0.15) is 40.1 Å². The molecule has 0 spiro atoms. The molecule has 0 fully saturated rings. The lowest BCUT2D eigenvalue weighted by Crippen LogP contribution is -2.47. The van der Waals surface area contributed by atoms with Gasteiger partial charge in [-0.2, -0.15) is 0 Å². The van der Waals surface area contributed by atoms with Crippen molar-refractivity contribution in [3.63, 3.8) is 0 Å². The van der Waals surface area contributed by atoms with Crippen molar-refractivity contribution < 1.29 is 19.1 Å². The molecule has 1 unspecified atom stereocenters. The Morgan fingerprint density at radius 2 is 1.44 bits per heavy atom. The molecule has 3 aromatic rings. The van der Waals surface area contributed by atoms with Gasteiger partial charge < -0.3 is 20.7 Å². The maximum absolute atomic E-state index is 13.1. The average molecular weight is 460 g/mol. The summed E-state index contributed by atoms with van der Waals surface area (Å²) in [6, 6.07) is 20.0. The van der Waals surface area contributed by atoms with E-state index >= 15 is 0 Å². The lowest BCUT2D eigenvalue weighted by atomic mass is 10.0. The van der Waals surface area contributed by atoms with Crippen LogP contribution in [0, 0.1) is 12.8 Å². The predicted molar refractivity (Wildman–Crippen MR) is 133 cm³/mol. The largest absolute Gasteiger partial charge is 0.497 e. The molecule has 176 valence electrons. The Labute approximate surface area is 199 Å². The summed E-state index contributed by atoms with van der Waals surface area (Å²) in [5.41, 5.74) is 2.76. The minimum absolute atomic E-state index is 0.170. The smallest absolute Gasteiger partial charge is 0.255 e. The van der Waals surface area contributed by atoms with Gasteiger partial charge in [-0.05, 0) is 61.4 Å². The highest BCUT2D eigenvalue weighted by molar-refractivity contribution is 6.10. The van der Waals surface area contributed by atoms with Crippen LogP contribution in [0.5, 0.6) is 5.75 Å². The first-order valence-corrected chi connectivity index (χ1v) is 11.0. The molecule has 0 aromatic heterocycles. The second kappa shape index (κ2) is 11.1. The summed E-state index contributed by atoms with van der Waals surface area (Å²) in [6.45, 7) is 5.64. The molecule has 7 nitrogen and oxygen atoms in total. The van der Waals surface area contributed by atoms with Gasteiger partial charge in [0.05, 0.1) is 18.4 Å². The average Bonchev–Trinajstić information content (AvgIpc) is 2.83. The molecule has 0 aliphatic heterocycles. The van der Waals surface area contributed by atoms with Crippen molar-refractivity contribution in [2.24, 2.45) is 5.92 Å². The van der Waals surface area contributed by atoms with Crippen molar-refractivity contribution in [1.82, 2.24) is 5.32 Å². The third-order valence-electron chi connectivity index (χ3n) is 5.33. The van der Waals surface area contributed by atoms with Crippen molar-refractivity contribution in [2.45, 2.75) is 26.8 Å². The zero-order chi connectivity index (χ0) is 24.7. The maximum atomic E-state index is 13.1.